The van der Waals surface area contributed by atoms with Gasteiger partial charge in [0.1, 0.15) is 0 Å². The van der Waals surface area contributed by atoms with Crippen molar-refractivity contribution in [2.75, 3.05) is 40.5 Å². The molecule has 0 amide bonds. The summed E-state index contributed by atoms with van der Waals surface area (Å²) < 4.78 is 10.9. The number of rotatable bonds is 8. The summed E-state index contributed by atoms with van der Waals surface area (Å²) in [6.07, 6.45) is 16.7. The summed E-state index contributed by atoms with van der Waals surface area (Å²) in [7, 11) is 3.59. The Morgan fingerprint density at radius 3 is 2.59 bits per heavy atom. The molecule has 5 nitrogen and oxygen atoms in total. The van der Waals surface area contributed by atoms with E-state index < -0.39 is 5.60 Å². The SMILES string of the molecule is COCCN(CCOC)C1CCC2CC3=CCC4(C)C(c5ccc6ccncc6c5)CCC4[C@@]3(O)CCC2C1. The first kappa shape index (κ1) is 27.4. The third kappa shape index (κ3) is 4.98. The fourth-order valence-corrected chi connectivity index (χ4v) is 9.35. The van der Waals surface area contributed by atoms with E-state index in [9.17, 15) is 5.11 Å². The number of ether oxygens (including phenoxy) is 2. The van der Waals surface area contributed by atoms with Crippen LogP contribution in [0.15, 0.2) is 48.3 Å². The molecule has 212 valence electrons. The van der Waals surface area contributed by atoms with Gasteiger partial charge in [0.15, 0.2) is 0 Å². The monoisotopic (exact) mass is 532 g/mol. The van der Waals surface area contributed by atoms with Crippen LogP contribution in [0.5, 0.6) is 0 Å². The number of pyridine rings is 1. The van der Waals surface area contributed by atoms with Gasteiger partial charge in [-0.3, -0.25) is 9.88 Å². The zero-order valence-corrected chi connectivity index (χ0v) is 24.3. The highest BCUT2D eigenvalue weighted by molar-refractivity contribution is 5.82. The molecule has 3 fully saturated rings. The Kier molecular flexibility index (Phi) is 7.89. The fraction of sp³-hybridized carbons (Fsp3) is 0.676. The van der Waals surface area contributed by atoms with Crippen LogP contribution in [0.3, 0.4) is 0 Å². The van der Waals surface area contributed by atoms with E-state index in [1.165, 1.54) is 47.6 Å². The highest BCUT2D eigenvalue weighted by Crippen LogP contribution is 2.64. The molecule has 6 rings (SSSR count). The normalized spacial score (nSPS) is 36.2. The molecule has 7 atom stereocenters. The van der Waals surface area contributed by atoms with Crippen molar-refractivity contribution < 1.29 is 14.6 Å². The van der Waals surface area contributed by atoms with Crippen LogP contribution in [0.25, 0.3) is 10.8 Å². The molecule has 0 spiro atoms. The molecule has 3 saturated carbocycles. The van der Waals surface area contributed by atoms with Crippen molar-refractivity contribution in [3.8, 4) is 0 Å². The Hall–Kier alpha value is -1.79. The van der Waals surface area contributed by atoms with Crippen molar-refractivity contribution in [3.05, 3.63) is 53.9 Å². The number of nitrogens with zero attached hydrogens (tertiary/aromatic N) is 2. The van der Waals surface area contributed by atoms with E-state index in [1.54, 1.807) is 14.2 Å². The van der Waals surface area contributed by atoms with E-state index in [0.29, 0.717) is 29.7 Å². The number of aliphatic hydroxyl groups is 1. The van der Waals surface area contributed by atoms with Crippen molar-refractivity contribution in [1.29, 1.82) is 0 Å². The summed E-state index contributed by atoms with van der Waals surface area (Å²) in [6, 6.07) is 9.66. The first-order valence-corrected chi connectivity index (χ1v) is 15.4. The van der Waals surface area contributed by atoms with Crippen LogP contribution < -0.4 is 0 Å². The summed E-state index contributed by atoms with van der Waals surface area (Å²) in [5.41, 5.74) is 2.27. The van der Waals surface area contributed by atoms with E-state index in [0.717, 1.165) is 58.4 Å². The van der Waals surface area contributed by atoms with Crippen molar-refractivity contribution in [1.82, 2.24) is 9.88 Å². The Morgan fingerprint density at radius 1 is 0.974 bits per heavy atom. The molecule has 1 aromatic heterocycles. The van der Waals surface area contributed by atoms with E-state index in [4.69, 9.17) is 9.47 Å². The van der Waals surface area contributed by atoms with Crippen molar-refractivity contribution in [2.45, 2.75) is 82.3 Å². The van der Waals surface area contributed by atoms with Gasteiger partial charge in [-0.2, -0.15) is 0 Å². The Labute approximate surface area is 235 Å². The quantitative estimate of drug-likeness (QED) is 0.401. The van der Waals surface area contributed by atoms with Gasteiger partial charge in [0, 0.05) is 51.1 Å². The molecule has 39 heavy (non-hydrogen) atoms. The van der Waals surface area contributed by atoms with Crippen LogP contribution in [-0.4, -0.2) is 67.2 Å². The first-order valence-electron chi connectivity index (χ1n) is 15.4. The van der Waals surface area contributed by atoms with Crippen molar-refractivity contribution >= 4 is 10.8 Å². The summed E-state index contributed by atoms with van der Waals surface area (Å²) in [5, 5.41) is 15.1. The molecule has 2 aromatic rings. The molecular formula is C34H48N2O3. The highest BCUT2D eigenvalue weighted by atomic mass is 16.5. The lowest BCUT2D eigenvalue weighted by atomic mass is 9.57. The summed E-state index contributed by atoms with van der Waals surface area (Å²) in [5.74, 6) is 2.24. The van der Waals surface area contributed by atoms with Crippen LogP contribution in [0.2, 0.25) is 0 Å². The van der Waals surface area contributed by atoms with Gasteiger partial charge in [0.25, 0.3) is 0 Å². The van der Waals surface area contributed by atoms with Crippen molar-refractivity contribution in [3.63, 3.8) is 0 Å². The second-order valence-corrected chi connectivity index (χ2v) is 13.3. The van der Waals surface area contributed by atoms with E-state index >= 15 is 0 Å². The highest BCUT2D eigenvalue weighted by Gasteiger charge is 2.59. The van der Waals surface area contributed by atoms with Crippen LogP contribution in [-0.2, 0) is 9.47 Å². The third-order valence-corrected chi connectivity index (χ3v) is 11.5. The number of hydrogen-bond donors (Lipinski definition) is 1. The topological polar surface area (TPSA) is 54.8 Å². The maximum atomic E-state index is 12.6. The second kappa shape index (κ2) is 11.2. The predicted octanol–water partition coefficient (Wildman–Crippen LogP) is 6.36. The molecular weight excluding hydrogens is 484 g/mol. The molecule has 1 aromatic carbocycles. The molecule has 1 heterocycles. The standard InChI is InChI=1S/C34H48N2O3/c1-33-13-11-29-21-25-6-7-30(36(16-18-38-2)17-19-39-3)22-26(25)10-14-34(29,37)32(33)9-8-31(33)27-5-4-24-12-15-35-23-28(24)20-27/h4-5,11-12,15,20,23,25-26,30-32,37H,6-10,13-14,16-19,21-22H2,1-3H3/t25?,26?,30?,31?,32?,33?,34-/m1/s1. The number of fused-ring (bicyclic) bond motifs is 5. The maximum absolute atomic E-state index is 12.6. The van der Waals surface area contributed by atoms with Gasteiger partial charge in [-0.1, -0.05) is 25.1 Å². The van der Waals surface area contributed by atoms with Crippen LogP contribution in [0.1, 0.15) is 76.2 Å². The number of hydrogen-bond acceptors (Lipinski definition) is 5. The van der Waals surface area contributed by atoms with E-state index in [2.05, 4.69) is 47.1 Å². The van der Waals surface area contributed by atoms with Gasteiger partial charge < -0.3 is 14.6 Å². The summed E-state index contributed by atoms with van der Waals surface area (Å²) >= 11 is 0. The maximum Gasteiger partial charge on any atom is 0.0890 e. The Morgan fingerprint density at radius 2 is 1.79 bits per heavy atom. The summed E-state index contributed by atoms with van der Waals surface area (Å²) in [6.45, 7) is 5.98. The average molecular weight is 533 g/mol. The molecule has 0 radical (unpaired) electrons. The smallest absolute Gasteiger partial charge is 0.0890 e. The zero-order valence-electron chi connectivity index (χ0n) is 24.3. The number of aromatic nitrogens is 1. The molecule has 5 heteroatoms. The minimum atomic E-state index is -0.640. The molecule has 6 unspecified atom stereocenters. The van der Waals surface area contributed by atoms with E-state index in [-0.39, 0.29) is 5.41 Å². The van der Waals surface area contributed by atoms with Gasteiger partial charge in [0.2, 0.25) is 0 Å². The largest absolute Gasteiger partial charge is 0.385 e. The van der Waals surface area contributed by atoms with Crippen molar-refractivity contribution in [2.24, 2.45) is 23.2 Å². The van der Waals surface area contributed by atoms with Gasteiger partial charge in [-0.15, -0.1) is 0 Å². The van der Waals surface area contributed by atoms with Gasteiger partial charge in [-0.25, -0.2) is 0 Å². The minimum Gasteiger partial charge on any atom is -0.385 e. The van der Waals surface area contributed by atoms with Crippen LogP contribution >= 0.6 is 0 Å². The minimum absolute atomic E-state index is 0.100. The number of benzene rings is 1. The number of methoxy groups -OCH3 is 2. The molecule has 0 bridgehead atoms. The molecule has 4 aliphatic rings. The van der Waals surface area contributed by atoms with E-state index in [1.807, 2.05) is 12.4 Å². The number of allylic oxidation sites excluding steroid dienone is 1. The fourth-order valence-electron chi connectivity index (χ4n) is 9.35. The lowest BCUT2D eigenvalue weighted by Crippen LogP contribution is -2.49. The van der Waals surface area contributed by atoms with Gasteiger partial charge in [-0.05, 0) is 116 Å². The lowest BCUT2D eigenvalue weighted by Gasteiger charge is -2.50. The first-order chi connectivity index (χ1) is 19.0. The Balaban J connectivity index is 1.20. The van der Waals surface area contributed by atoms with Gasteiger partial charge >= 0.3 is 0 Å². The lowest BCUT2D eigenvalue weighted by molar-refractivity contribution is -0.0503. The van der Waals surface area contributed by atoms with Crippen LogP contribution in [0, 0.1) is 23.2 Å². The summed E-state index contributed by atoms with van der Waals surface area (Å²) in [4.78, 5) is 6.97. The molecule has 1 N–H and O–H groups in total. The zero-order chi connectivity index (χ0) is 27.0. The van der Waals surface area contributed by atoms with Gasteiger partial charge in [0.05, 0.1) is 18.8 Å². The molecule has 0 saturated heterocycles. The molecule has 0 aliphatic heterocycles. The second-order valence-electron chi connectivity index (χ2n) is 13.3. The van der Waals surface area contributed by atoms with Crippen LogP contribution in [0.4, 0.5) is 0 Å². The molecule has 4 aliphatic carbocycles. The average Bonchev–Trinajstić information content (AvgIpc) is 3.24. The third-order valence-electron chi connectivity index (χ3n) is 11.5. The Bertz CT molecular complexity index is 1170. The predicted molar refractivity (Wildman–Crippen MR) is 157 cm³/mol.